The van der Waals surface area contributed by atoms with Crippen molar-refractivity contribution < 1.29 is 19.5 Å². The number of carbonyl (C=O) groups is 1. The summed E-state index contributed by atoms with van der Waals surface area (Å²) in [6, 6.07) is 22.1. The summed E-state index contributed by atoms with van der Waals surface area (Å²) in [4.78, 5) is 51.3. The first-order valence-corrected chi connectivity index (χ1v) is 20.9. The third-order valence-electron chi connectivity index (χ3n) is 10.7. The summed E-state index contributed by atoms with van der Waals surface area (Å²) >= 11 is 0. The summed E-state index contributed by atoms with van der Waals surface area (Å²) in [6.45, 7) is 27.3. The second kappa shape index (κ2) is 13.9. The molecule has 0 aliphatic heterocycles. The molecule has 0 aliphatic carbocycles. The third-order valence-corrected chi connectivity index (χ3v) is 13.3. The van der Waals surface area contributed by atoms with E-state index in [-0.39, 0.29) is 40.1 Å². The van der Waals surface area contributed by atoms with Crippen LogP contribution in [0.15, 0.2) is 66.7 Å². The molecule has 0 atom stereocenters. The van der Waals surface area contributed by atoms with Crippen molar-refractivity contribution in [3.8, 4) is 11.1 Å². The van der Waals surface area contributed by atoms with E-state index < -0.39 is 7.28 Å². The molecule has 0 unspecified atom stereocenters. The number of ketones is 1. The fraction of sp³-hybridized carbons (Fsp3) is 0.413. The molecule has 0 saturated heterocycles. The van der Waals surface area contributed by atoms with Crippen LogP contribution in [-0.2, 0) is 0 Å². The van der Waals surface area contributed by atoms with Gasteiger partial charge in [-0.25, -0.2) is 0 Å². The second-order valence-electron chi connectivity index (χ2n) is 16.7. The van der Waals surface area contributed by atoms with Crippen LogP contribution in [0.5, 0.6) is 0 Å². The zero-order valence-corrected chi connectivity index (χ0v) is 33.9. The number of hydrogen-bond donors (Lipinski definition) is 3. The first-order chi connectivity index (χ1) is 23.6. The van der Waals surface area contributed by atoms with E-state index in [1.807, 2.05) is 26.0 Å². The normalized spacial score (nSPS) is 13.5. The van der Waals surface area contributed by atoms with Crippen LogP contribution in [0, 0.1) is 0 Å². The van der Waals surface area contributed by atoms with Crippen LogP contribution in [-0.4, -0.2) is 20.5 Å². The Hall–Kier alpha value is -3.40. The molecule has 0 heterocycles. The first kappa shape index (κ1) is 38.8. The van der Waals surface area contributed by atoms with E-state index in [9.17, 15) is 19.5 Å². The van der Waals surface area contributed by atoms with E-state index in [1.165, 1.54) is 23.6 Å². The average molecular weight is 707 g/mol. The molecule has 0 amide bonds. The number of Topliss-reactive ketones (excluding diaryl/α,β-unsaturated/α-hetero) is 1. The van der Waals surface area contributed by atoms with Crippen molar-refractivity contribution in [3.05, 3.63) is 106 Å². The molecule has 5 heteroatoms. The summed E-state index contributed by atoms with van der Waals surface area (Å²) in [5, 5.41) is 4.33. The van der Waals surface area contributed by atoms with E-state index in [0.717, 1.165) is 38.2 Å². The zero-order chi connectivity index (χ0) is 37.9. The molecule has 51 heavy (non-hydrogen) atoms. The third kappa shape index (κ3) is 7.18. The van der Waals surface area contributed by atoms with Gasteiger partial charge in [0.05, 0.1) is 0 Å². The fourth-order valence-electron chi connectivity index (χ4n) is 7.56. The molecule has 5 aromatic rings. The van der Waals surface area contributed by atoms with Crippen LogP contribution < -0.4 is 10.6 Å². The van der Waals surface area contributed by atoms with Crippen LogP contribution in [0.2, 0.25) is 0 Å². The molecule has 0 aliphatic rings. The molecule has 0 aromatic heterocycles. The summed E-state index contributed by atoms with van der Waals surface area (Å²) < 4.78 is 0. The van der Waals surface area contributed by atoms with Crippen LogP contribution >= 0.6 is 7.28 Å². The standard InChI is InChI=1S/C46H59O4P/c1-25(2)33-16-35-21-39(29(9)10)43(23-41(35)37(19-33)27(5)6)44-18-32(31(13)47)14-15-45(44)51(48,49,50)46-24-42-36(22-40(46)30(11)12)17-34(26(3)4)20-38(42)28(7)8/h14-30,48-50H,1-13H3. The van der Waals surface area contributed by atoms with Crippen molar-refractivity contribution >= 4 is 45.2 Å². The molecular formula is C46H59O4P. The van der Waals surface area contributed by atoms with Gasteiger partial charge in [0.15, 0.2) is 0 Å². The second-order valence-corrected chi connectivity index (χ2v) is 19.6. The van der Waals surface area contributed by atoms with E-state index in [1.54, 1.807) is 18.2 Å². The van der Waals surface area contributed by atoms with Gasteiger partial charge in [-0.3, -0.25) is 0 Å². The average Bonchev–Trinajstić information content (AvgIpc) is 3.05. The Balaban J connectivity index is 1.93. The summed E-state index contributed by atoms with van der Waals surface area (Å²) in [5.41, 5.74) is 8.22. The van der Waals surface area contributed by atoms with E-state index in [4.69, 9.17) is 0 Å². The van der Waals surface area contributed by atoms with Gasteiger partial charge in [0, 0.05) is 0 Å². The maximum atomic E-state index is 12.9. The molecule has 0 saturated carbocycles. The SMILES string of the molecule is CC(=O)c1ccc(P(O)(O)(O)c2cc3c(C(C)C)cc(C(C)C)cc3cc2C(C)C)c(-c2cc3c(C(C)C)cc(C(C)C)cc3cc2C(C)C)c1. The quantitative estimate of drug-likeness (QED) is 0.0998. The number of hydrogen-bond acceptors (Lipinski definition) is 4. The fourth-order valence-corrected chi connectivity index (χ4v) is 9.97. The van der Waals surface area contributed by atoms with Gasteiger partial charge in [0.25, 0.3) is 0 Å². The van der Waals surface area contributed by atoms with Crippen molar-refractivity contribution in [3.63, 3.8) is 0 Å². The van der Waals surface area contributed by atoms with Gasteiger partial charge >= 0.3 is 307 Å². The zero-order valence-electron chi connectivity index (χ0n) is 33.0. The van der Waals surface area contributed by atoms with Gasteiger partial charge in [0.2, 0.25) is 0 Å². The van der Waals surface area contributed by atoms with Gasteiger partial charge < -0.3 is 0 Å². The van der Waals surface area contributed by atoms with Crippen molar-refractivity contribution in [2.24, 2.45) is 0 Å². The van der Waals surface area contributed by atoms with Gasteiger partial charge in [-0.2, -0.15) is 0 Å². The number of carbonyl (C=O) groups excluding carboxylic acids is 1. The summed E-state index contributed by atoms with van der Waals surface area (Å²) in [7, 11) is -5.87. The topological polar surface area (TPSA) is 77.8 Å². The predicted molar refractivity (Wildman–Crippen MR) is 221 cm³/mol. The van der Waals surface area contributed by atoms with Crippen molar-refractivity contribution in [1.82, 2.24) is 0 Å². The molecule has 5 rings (SSSR count). The molecule has 0 fully saturated rings. The Labute approximate surface area is 306 Å². The van der Waals surface area contributed by atoms with E-state index >= 15 is 0 Å². The Kier molecular flexibility index (Phi) is 10.6. The monoisotopic (exact) mass is 706 g/mol. The Morgan fingerprint density at radius 1 is 0.471 bits per heavy atom. The maximum absolute atomic E-state index is 12.9. The van der Waals surface area contributed by atoms with Crippen LogP contribution in [0.4, 0.5) is 0 Å². The predicted octanol–water partition coefficient (Wildman–Crippen LogP) is 11.8. The molecule has 5 aromatic carbocycles. The minimum absolute atomic E-state index is 0.0447. The molecule has 0 spiro atoms. The van der Waals surface area contributed by atoms with Gasteiger partial charge in [0.1, 0.15) is 0 Å². The number of fused-ring (bicyclic) bond motifs is 2. The molecule has 0 radical (unpaired) electrons. The van der Waals surface area contributed by atoms with Crippen LogP contribution in [0.1, 0.15) is 169 Å². The van der Waals surface area contributed by atoms with Crippen molar-refractivity contribution in [1.29, 1.82) is 0 Å². The molecule has 0 bridgehead atoms. The van der Waals surface area contributed by atoms with Crippen LogP contribution in [0.3, 0.4) is 0 Å². The first-order valence-electron chi connectivity index (χ1n) is 18.8. The Morgan fingerprint density at radius 3 is 1.35 bits per heavy atom. The Morgan fingerprint density at radius 2 is 0.922 bits per heavy atom. The minimum atomic E-state index is -5.87. The van der Waals surface area contributed by atoms with E-state index in [0.29, 0.717) is 28.5 Å². The molecule has 4 nitrogen and oxygen atoms in total. The molecule has 3 N–H and O–H groups in total. The Bertz CT molecular complexity index is 2140. The van der Waals surface area contributed by atoms with Gasteiger partial charge in [-0.05, 0) is 0 Å². The molecular weight excluding hydrogens is 647 g/mol. The van der Waals surface area contributed by atoms with Crippen molar-refractivity contribution in [2.45, 2.75) is 126 Å². The summed E-state index contributed by atoms with van der Waals surface area (Å²) in [5.74, 6) is 0.937. The van der Waals surface area contributed by atoms with E-state index in [2.05, 4.69) is 106 Å². The van der Waals surface area contributed by atoms with Crippen molar-refractivity contribution in [2.75, 3.05) is 0 Å². The molecule has 272 valence electrons. The van der Waals surface area contributed by atoms with Gasteiger partial charge in [-0.1, -0.05) is 0 Å². The van der Waals surface area contributed by atoms with Gasteiger partial charge in [-0.15, -0.1) is 0 Å². The number of rotatable bonds is 10. The summed E-state index contributed by atoms with van der Waals surface area (Å²) in [6.07, 6.45) is 0. The number of benzene rings is 5. The van der Waals surface area contributed by atoms with Crippen LogP contribution in [0.25, 0.3) is 32.7 Å².